The van der Waals surface area contributed by atoms with Gasteiger partial charge in [0.1, 0.15) is 0 Å². The third-order valence-corrected chi connectivity index (χ3v) is 3.95. The van der Waals surface area contributed by atoms with Crippen LogP contribution in [0.4, 0.5) is 0 Å². The molecular weight excluding hydrogens is 258 g/mol. The van der Waals surface area contributed by atoms with Crippen LogP contribution in [0, 0.1) is 0 Å². The average molecular weight is 275 g/mol. The van der Waals surface area contributed by atoms with Gasteiger partial charge in [-0.05, 0) is 53.4 Å². The summed E-state index contributed by atoms with van der Waals surface area (Å²) in [5.41, 5.74) is 2.62. The zero-order chi connectivity index (χ0) is 13.1. The van der Waals surface area contributed by atoms with E-state index in [1.807, 2.05) is 12.1 Å². The van der Waals surface area contributed by atoms with Crippen LogP contribution in [-0.4, -0.2) is 12.8 Å². The summed E-state index contributed by atoms with van der Waals surface area (Å²) >= 11 is 1.75. The van der Waals surface area contributed by atoms with Crippen LogP contribution in [0.3, 0.4) is 0 Å². The van der Waals surface area contributed by atoms with Crippen LogP contribution in [0.25, 0.3) is 0 Å². The second kappa shape index (κ2) is 5.63. The van der Waals surface area contributed by atoms with Crippen molar-refractivity contribution in [2.24, 2.45) is 0 Å². The molecule has 1 aliphatic rings. The highest BCUT2D eigenvalue weighted by Gasteiger charge is 2.13. The Morgan fingerprint density at radius 3 is 2.95 bits per heavy atom. The highest BCUT2D eigenvalue weighted by molar-refractivity contribution is 7.07. The molecule has 0 bridgehead atoms. The van der Waals surface area contributed by atoms with Crippen molar-refractivity contribution >= 4 is 11.3 Å². The maximum atomic E-state index is 5.38. The molecule has 1 aromatic heterocycles. The van der Waals surface area contributed by atoms with Gasteiger partial charge in [-0.1, -0.05) is 6.07 Å². The second-order valence-electron chi connectivity index (χ2n) is 4.81. The van der Waals surface area contributed by atoms with E-state index in [2.05, 4.69) is 35.1 Å². The van der Waals surface area contributed by atoms with Crippen LogP contribution in [0.1, 0.15) is 18.1 Å². The first-order valence-electron chi connectivity index (χ1n) is 6.44. The number of benzene rings is 1. The van der Waals surface area contributed by atoms with Gasteiger partial charge in [-0.15, -0.1) is 0 Å². The van der Waals surface area contributed by atoms with E-state index in [-0.39, 0.29) is 0 Å². The summed E-state index contributed by atoms with van der Waals surface area (Å²) in [5.74, 6) is 1.69. The van der Waals surface area contributed by atoms with Crippen molar-refractivity contribution in [1.82, 2.24) is 5.32 Å². The fraction of sp³-hybridized carbons (Fsp3) is 0.333. The van der Waals surface area contributed by atoms with E-state index in [0.717, 1.165) is 24.5 Å². The minimum atomic E-state index is 0.334. The third-order valence-electron chi connectivity index (χ3n) is 3.21. The summed E-state index contributed by atoms with van der Waals surface area (Å²) in [6.45, 7) is 3.40. The van der Waals surface area contributed by atoms with Gasteiger partial charge >= 0.3 is 0 Å². The van der Waals surface area contributed by atoms with Gasteiger partial charge in [0.15, 0.2) is 11.5 Å². The minimum Gasteiger partial charge on any atom is -0.454 e. The maximum Gasteiger partial charge on any atom is 0.231 e. The van der Waals surface area contributed by atoms with Gasteiger partial charge in [-0.3, -0.25) is 0 Å². The molecule has 100 valence electrons. The van der Waals surface area contributed by atoms with E-state index in [9.17, 15) is 0 Å². The SMILES string of the molecule is CC(Cc1ccsc1)NCc1ccc2c(c1)OCO2. The van der Waals surface area contributed by atoms with Crippen LogP contribution in [0.15, 0.2) is 35.0 Å². The molecule has 19 heavy (non-hydrogen) atoms. The Bertz CT molecular complexity index is 539. The summed E-state index contributed by atoms with van der Waals surface area (Å²) in [4.78, 5) is 0. The van der Waals surface area contributed by atoms with Crippen LogP contribution in [0.2, 0.25) is 0 Å². The van der Waals surface area contributed by atoms with E-state index < -0.39 is 0 Å². The Hall–Kier alpha value is -1.52. The number of nitrogens with one attached hydrogen (secondary N) is 1. The van der Waals surface area contributed by atoms with Gasteiger partial charge in [0.2, 0.25) is 6.79 Å². The first-order valence-corrected chi connectivity index (χ1v) is 7.38. The average Bonchev–Trinajstić information content (AvgIpc) is 3.06. The quantitative estimate of drug-likeness (QED) is 0.909. The van der Waals surface area contributed by atoms with Gasteiger partial charge in [0.05, 0.1) is 0 Å². The fourth-order valence-electron chi connectivity index (χ4n) is 2.18. The van der Waals surface area contributed by atoms with E-state index >= 15 is 0 Å². The predicted octanol–water partition coefficient (Wildman–Crippen LogP) is 3.20. The number of thiophene rings is 1. The van der Waals surface area contributed by atoms with E-state index in [0.29, 0.717) is 12.8 Å². The topological polar surface area (TPSA) is 30.5 Å². The van der Waals surface area contributed by atoms with Crippen LogP contribution in [-0.2, 0) is 13.0 Å². The summed E-state index contributed by atoms with van der Waals surface area (Å²) in [6, 6.07) is 8.75. The van der Waals surface area contributed by atoms with Crippen molar-refractivity contribution in [3.05, 3.63) is 46.2 Å². The van der Waals surface area contributed by atoms with E-state index in [4.69, 9.17) is 9.47 Å². The zero-order valence-electron chi connectivity index (χ0n) is 10.9. The lowest BCUT2D eigenvalue weighted by Gasteiger charge is -2.13. The Balaban J connectivity index is 1.54. The molecule has 0 saturated carbocycles. The largest absolute Gasteiger partial charge is 0.454 e. The van der Waals surface area contributed by atoms with Crippen molar-refractivity contribution < 1.29 is 9.47 Å². The number of ether oxygens (including phenoxy) is 2. The molecule has 1 unspecified atom stereocenters. The molecule has 0 aliphatic carbocycles. The molecule has 0 amide bonds. The molecule has 0 saturated heterocycles. The summed E-state index contributed by atoms with van der Waals surface area (Å²) in [5, 5.41) is 7.87. The molecule has 0 radical (unpaired) electrons. The van der Waals surface area contributed by atoms with Crippen molar-refractivity contribution in [2.45, 2.75) is 25.9 Å². The van der Waals surface area contributed by atoms with Gasteiger partial charge in [-0.25, -0.2) is 0 Å². The molecule has 2 heterocycles. The lowest BCUT2D eigenvalue weighted by atomic mass is 10.1. The molecule has 3 nitrogen and oxygen atoms in total. The van der Waals surface area contributed by atoms with Gasteiger partial charge in [-0.2, -0.15) is 11.3 Å². The number of hydrogen-bond acceptors (Lipinski definition) is 4. The molecule has 2 aromatic rings. The van der Waals surface area contributed by atoms with Crippen molar-refractivity contribution in [2.75, 3.05) is 6.79 Å². The summed E-state index contributed by atoms with van der Waals surface area (Å²) in [7, 11) is 0. The standard InChI is InChI=1S/C15H17NO2S/c1-11(6-13-4-5-19-9-13)16-8-12-2-3-14-15(7-12)18-10-17-14/h2-5,7,9,11,16H,6,8,10H2,1H3. The Morgan fingerprint density at radius 1 is 1.21 bits per heavy atom. The third kappa shape index (κ3) is 3.08. The molecule has 1 aliphatic heterocycles. The van der Waals surface area contributed by atoms with Gasteiger partial charge in [0, 0.05) is 12.6 Å². The second-order valence-corrected chi connectivity index (χ2v) is 5.59. The van der Waals surface area contributed by atoms with Crippen molar-refractivity contribution in [1.29, 1.82) is 0 Å². The fourth-order valence-corrected chi connectivity index (χ4v) is 2.86. The molecule has 0 spiro atoms. The molecule has 0 fully saturated rings. The lowest BCUT2D eigenvalue weighted by molar-refractivity contribution is 0.174. The summed E-state index contributed by atoms with van der Waals surface area (Å²) < 4.78 is 10.7. The normalized spacial score (nSPS) is 14.6. The van der Waals surface area contributed by atoms with Crippen molar-refractivity contribution in [3.8, 4) is 11.5 Å². The molecule has 1 N–H and O–H groups in total. The minimum absolute atomic E-state index is 0.334. The first-order chi connectivity index (χ1) is 9.31. The smallest absolute Gasteiger partial charge is 0.231 e. The van der Waals surface area contributed by atoms with Crippen LogP contribution < -0.4 is 14.8 Å². The van der Waals surface area contributed by atoms with E-state index in [1.54, 1.807) is 11.3 Å². The van der Waals surface area contributed by atoms with Crippen LogP contribution >= 0.6 is 11.3 Å². The Kier molecular flexibility index (Phi) is 3.71. The first kappa shape index (κ1) is 12.5. The number of fused-ring (bicyclic) bond motifs is 1. The number of rotatable bonds is 5. The van der Waals surface area contributed by atoms with Crippen molar-refractivity contribution in [3.63, 3.8) is 0 Å². The molecule has 1 atom stereocenters. The molecule has 4 heteroatoms. The van der Waals surface area contributed by atoms with E-state index in [1.165, 1.54) is 11.1 Å². The zero-order valence-corrected chi connectivity index (χ0v) is 11.7. The highest BCUT2D eigenvalue weighted by atomic mass is 32.1. The molecule has 1 aromatic carbocycles. The van der Waals surface area contributed by atoms with Gasteiger partial charge < -0.3 is 14.8 Å². The maximum absolute atomic E-state index is 5.38. The molecule has 3 rings (SSSR count). The number of hydrogen-bond donors (Lipinski definition) is 1. The summed E-state index contributed by atoms with van der Waals surface area (Å²) in [6.07, 6.45) is 1.06. The Labute approximate surface area is 117 Å². The highest BCUT2D eigenvalue weighted by Crippen LogP contribution is 2.32. The lowest BCUT2D eigenvalue weighted by Crippen LogP contribution is -2.27. The van der Waals surface area contributed by atoms with Crippen LogP contribution in [0.5, 0.6) is 11.5 Å². The Morgan fingerprint density at radius 2 is 2.11 bits per heavy atom. The monoisotopic (exact) mass is 275 g/mol. The van der Waals surface area contributed by atoms with Gasteiger partial charge in [0.25, 0.3) is 0 Å². The molecular formula is C15H17NO2S. The predicted molar refractivity (Wildman–Crippen MR) is 76.9 cm³/mol.